The highest BCUT2D eigenvalue weighted by Gasteiger charge is 2.07. The van der Waals surface area contributed by atoms with E-state index in [1.165, 1.54) is 5.39 Å². The molecule has 3 rings (SSSR count). The third-order valence-electron chi connectivity index (χ3n) is 4.40. The van der Waals surface area contributed by atoms with Crippen molar-refractivity contribution in [1.82, 2.24) is 20.5 Å². The molecule has 0 unspecified atom stereocenters. The standard InChI is InChI=1S/C22H27N5O.HI/c1-4-23-22(25-15-19-13-18-7-5-6-8-20(18)26-19)24-14-16-9-11-17(12-10-16)21(28)27(2)3;/h5-13,26H,4,14-15H2,1-3H3,(H2,23,24,25);1H. The average molecular weight is 505 g/mol. The molecule has 0 fully saturated rings. The number of nitrogens with one attached hydrogen (secondary N) is 3. The van der Waals surface area contributed by atoms with Crippen LogP contribution in [0.15, 0.2) is 59.6 Å². The van der Waals surface area contributed by atoms with Gasteiger partial charge in [0, 0.05) is 37.4 Å². The van der Waals surface area contributed by atoms with E-state index in [-0.39, 0.29) is 29.9 Å². The van der Waals surface area contributed by atoms with Gasteiger partial charge in [0.15, 0.2) is 5.96 Å². The van der Waals surface area contributed by atoms with E-state index in [1.54, 1.807) is 19.0 Å². The SMILES string of the molecule is CCNC(=NCc1ccc(C(=O)N(C)C)cc1)NCc1cc2ccccc2[nH]1.I. The average Bonchev–Trinajstić information content (AvgIpc) is 3.13. The quantitative estimate of drug-likeness (QED) is 0.272. The lowest BCUT2D eigenvalue weighted by molar-refractivity contribution is 0.0827. The van der Waals surface area contributed by atoms with Gasteiger partial charge in [-0.1, -0.05) is 30.3 Å². The summed E-state index contributed by atoms with van der Waals surface area (Å²) in [5, 5.41) is 7.83. The topological polar surface area (TPSA) is 72.5 Å². The number of aromatic amines is 1. The van der Waals surface area contributed by atoms with Crippen LogP contribution >= 0.6 is 24.0 Å². The molecule has 0 spiro atoms. The molecule has 2 aromatic carbocycles. The number of hydrogen-bond acceptors (Lipinski definition) is 2. The van der Waals surface area contributed by atoms with E-state index in [1.807, 2.05) is 43.3 Å². The highest BCUT2D eigenvalue weighted by Crippen LogP contribution is 2.14. The molecule has 0 aliphatic carbocycles. The molecule has 29 heavy (non-hydrogen) atoms. The number of nitrogens with zero attached hydrogens (tertiary/aromatic N) is 2. The number of carbonyl (C=O) groups excluding carboxylic acids is 1. The van der Waals surface area contributed by atoms with Crippen LogP contribution in [-0.4, -0.2) is 42.4 Å². The Kier molecular flexibility index (Phi) is 8.50. The molecule has 0 bridgehead atoms. The molecule has 3 N–H and O–H groups in total. The van der Waals surface area contributed by atoms with Gasteiger partial charge in [0.1, 0.15) is 0 Å². The van der Waals surface area contributed by atoms with Crippen molar-refractivity contribution >= 4 is 46.7 Å². The number of carbonyl (C=O) groups is 1. The zero-order valence-electron chi connectivity index (χ0n) is 17.0. The van der Waals surface area contributed by atoms with Gasteiger partial charge in [0.25, 0.3) is 5.91 Å². The van der Waals surface area contributed by atoms with Crippen molar-refractivity contribution in [3.8, 4) is 0 Å². The van der Waals surface area contributed by atoms with E-state index in [9.17, 15) is 4.79 Å². The molecule has 0 saturated carbocycles. The first kappa shape index (κ1) is 22.7. The highest BCUT2D eigenvalue weighted by molar-refractivity contribution is 14.0. The molecule has 3 aromatic rings. The van der Waals surface area contributed by atoms with Crippen LogP contribution in [0.4, 0.5) is 0 Å². The van der Waals surface area contributed by atoms with Crippen molar-refractivity contribution in [2.75, 3.05) is 20.6 Å². The summed E-state index contributed by atoms with van der Waals surface area (Å²) >= 11 is 0. The predicted molar refractivity (Wildman–Crippen MR) is 130 cm³/mol. The molecule has 0 radical (unpaired) electrons. The van der Waals surface area contributed by atoms with Gasteiger partial charge in [-0.3, -0.25) is 4.79 Å². The van der Waals surface area contributed by atoms with Crippen molar-refractivity contribution in [3.63, 3.8) is 0 Å². The van der Waals surface area contributed by atoms with Gasteiger partial charge in [-0.25, -0.2) is 4.99 Å². The minimum atomic E-state index is 0. The van der Waals surface area contributed by atoms with Gasteiger partial charge < -0.3 is 20.5 Å². The highest BCUT2D eigenvalue weighted by atomic mass is 127. The molecule has 0 aliphatic rings. The van der Waals surface area contributed by atoms with E-state index < -0.39 is 0 Å². The summed E-state index contributed by atoms with van der Waals surface area (Å²) in [7, 11) is 3.50. The number of para-hydroxylation sites is 1. The molecule has 7 heteroatoms. The maximum absolute atomic E-state index is 12.0. The number of hydrogen-bond donors (Lipinski definition) is 3. The first-order valence-corrected chi connectivity index (χ1v) is 9.46. The van der Waals surface area contributed by atoms with Crippen molar-refractivity contribution < 1.29 is 4.79 Å². The summed E-state index contributed by atoms with van der Waals surface area (Å²) in [6.45, 7) is 4.03. The summed E-state index contributed by atoms with van der Waals surface area (Å²) in [4.78, 5) is 21.6. The molecular formula is C22H28IN5O. The van der Waals surface area contributed by atoms with Gasteiger partial charge in [-0.2, -0.15) is 0 Å². The number of aromatic nitrogens is 1. The summed E-state index contributed by atoms with van der Waals surface area (Å²) in [6, 6.07) is 18.0. The van der Waals surface area contributed by atoms with Crippen molar-refractivity contribution in [1.29, 1.82) is 0 Å². The lowest BCUT2D eigenvalue weighted by Crippen LogP contribution is -2.36. The molecule has 1 heterocycles. The third-order valence-corrected chi connectivity index (χ3v) is 4.40. The number of aliphatic imine (C=N–C) groups is 1. The largest absolute Gasteiger partial charge is 0.357 e. The lowest BCUT2D eigenvalue weighted by Gasteiger charge is -2.11. The van der Waals surface area contributed by atoms with Crippen LogP contribution in [-0.2, 0) is 13.1 Å². The lowest BCUT2D eigenvalue weighted by atomic mass is 10.1. The molecule has 1 amide bonds. The minimum absolute atomic E-state index is 0. The number of H-pyrrole nitrogens is 1. The summed E-state index contributed by atoms with van der Waals surface area (Å²) in [5.41, 5.74) is 3.98. The van der Waals surface area contributed by atoms with Crippen LogP contribution in [0.5, 0.6) is 0 Å². The van der Waals surface area contributed by atoms with Gasteiger partial charge in [0.05, 0.1) is 13.1 Å². The van der Waals surface area contributed by atoms with E-state index in [0.717, 1.165) is 29.3 Å². The van der Waals surface area contributed by atoms with Gasteiger partial charge >= 0.3 is 0 Å². The monoisotopic (exact) mass is 505 g/mol. The van der Waals surface area contributed by atoms with Crippen molar-refractivity contribution in [2.24, 2.45) is 4.99 Å². The Morgan fingerprint density at radius 3 is 2.45 bits per heavy atom. The maximum atomic E-state index is 12.0. The number of fused-ring (bicyclic) bond motifs is 1. The number of amides is 1. The van der Waals surface area contributed by atoms with Gasteiger partial charge in [-0.05, 0) is 42.1 Å². The Labute approximate surface area is 188 Å². The summed E-state index contributed by atoms with van der Waals surface area (Å²) in [5.74, 6) is 0.762. The Bertz CT molecular complexity index is 930. The second-order valence-electron chi connectivity index (χ2n) is 6.83. The van der Waals surface area contributed by atoms with Crippen LogP contribution < -0.4 is 10.6 Å². The molecule has 0 saturated heterocycles. The van der Waals surface area contributed by atoms with Crippen molar-refractivity contribution in [3.05, 3.63) is 71.4 Å². The fourth-order valence-electron chi connectivity index (χ4n) is 2.93. The van der Waals surface area contributed by atoms with Crippen LogP contribution in [0.25, 0.3) is 10.9 Å². The zero-order chi connectivity index (χ0) is 19.9. The Morgan fingerprint density at radius 1 is 1.07 bits per heavy atom. The van der Waals surface area contributed by atoms with Gasteiger partial charge in [-0.15, -0.1) is 24.0 Å². The van der Waals surface area contributed by atoms with E-state index in [0.29, 0.717) is 18.7 Å². The molecule has 0 atom stereocenters. The Balaban J connectivity index is 0.00000300. The van der Waals surface area contributed by atoms with Gasteiger partial charge in [0.2, 0.25) is 0 Å². The Morgan fingerprint density at radius 2 is 1.79 bits per heavy atom. The third kappa shape index (κ3) is 6.22. The summed E-state index contributed by atoms with van der Waals surface area (Å²) in [6.07, 6.45) is 0. The number of benzene rings is 2. The van der Waals surface area contributed by atoms with E-state index >= 15 is 0 Å². The number of rotatable bonds is 6. The van der Waals surface area contributed by atoms with Crippen LogP contribution in [0.1, 0.15) is 28.5 Å². The second kappa shape index (κ2) is 10.8. The normalized spacial score (nSPS) is 11.1. The summed E-state index contributed by atoms with van der Waals surface area (Å²) < 4.78 is 0. The van der Waals surface area contributed by atoms with Crippen LogP contribution in [0.3, 0.4) is 0 Å². The molecule has 154 valence electrons. The number of guanidine groups is 1. The van der Waals surface area contributed by atoms with E-state index in [2.05, 4.69) is 38.8 Å². The fraction of sp³-hybridized carbons (Fsp3) is 0.273. The van der Waals surface area contributed by atoms with Crippen LogP contribution in [0, 0.1) is 0 Å². The van der Waals surface area contributed by atoms with Crippen LogP contribution in [0.2, 0.25) is 0 Å². The smallest absolute Gasteiger partial charge is 0.253 e. The first-order chi connectivity index (χ1) is 13.6. The predicted octanol–water partition coefficient (Wildman–Crippen LogP) is 3.74. The number of halogens is 1. The molecule has 0 aliphatic heterocycles. The Hall–Kier alpha value is -2.55. The van der Waals surface area contributed by atoms with Crippen molar-refractivity contribution in [2.45, 2.75) is 20.0 Å². The minimum Gasteiger partial charge on any atom is -0.357 e. The van der Waals surface area contributed by atoms with E-state index in [4.69, 9.17) is 0 Å². The maximum Gasteiger partial charge on any atom is 0.253 e. The second-order valence-corrected chi connectivity index (χ2v) is 6.83. The molecular weight excluding hydrogens is 477 g/mol. The fourth-order valence-corrected chi connectivity index (χ4v) is 2.93. The zero-order valence-corrected chi connectivity index (χ0v) is 19.4. The molecule has 6 nitrogen and oxygen atoms in total. The first-order valence-electron chi connectivity index (χ1n) is 9.46. The molecule has 1 aromatic heterocycles.